The number of nitrogens with one attached hydrogen (secondary N) is 1. The van der Waals surface area contributed by atoms with E-state index < -0.39 is 6.04 Å². The smallest absolute Gasteiger partial charge is 0.243 e. The molecule has 132 valence electrons. The van der Waals surface area contributed by atoms with Crippen LogP contribution in [0.25, 0.3) is 11.3 Å². The largest absolute Gasteiger partial charge is 0.495 e. The highest BCUT2D eigenvalue weighted by Crippen LogP contribution is 2.32. The Morgan fingerprint density at radius 2 is 2.08 bits per heavy atom. The van der Waals surface area contributed by atoms with Gasteiger partial charge in [0.05, 0.1) is 23.9 Å². The van der Waals surface area contributed by atoms with Crippen LogP contribution < -0.4 is 15.8 Å². The van der Waals surface area contributed by atoms with Crippen molar-refractivity contribution in [3.63, 3.8) is 0 Å². The van der Waals surface area contributed by atoms with Gasteiger partial charge < -0.3 is 15.8 Å². The second-order valence-electron chi connectivity index (χ2n) is 6.22. The summed E-state index contributed by atoms with van der Waals surface area (Å²) < 4.78 is 5.13. The highest BCUT2D eigenvalue weighted by molar-refractivity contribution is 7.14. The Bertz CT molecular complexity index is 714. The Hall–Kier alpha value is -1.34. The molecule has 1 aromatic carbocycles. The molecule has 0 radical (unpaired) electrons. The highest BCUT2D eigenvalue weighted by atomic mass is 35.5. The summed E-state index contributed by atoms with van der Waals surface area (Å²) in [5.74, 6) is 0.362. The van der Waals surface area contributed by atoms with Gasteiger partial charge in [0.25, 0.3) is 0 Å². The fourth-order valence-electron chi connectivity index (χ4n) is 1.87. The molecule has 0 aliphatic heterocycles. The predicted octanol–water partition coefficient (Wildman–Crippen LogP) is 4.21. The van der Waals surface area contributed by atoms with Crippen LogP contribution in [-0.4, -0.2) is 24.0 Å². The van der Waals surface area contributed by atoms with E-state index in [0.29, 0.717) is 15.9 Å². The van der Waals surface area contributed by atoms with Crippen LogP contribution in [0.2, 0.25) is 5.02 Å². The average Bonchev–Trinajstić information content (AvgIpc) is 2.93. The standard InChI is InChI=1S/C16H20ClN3O2S.ClH/c1-16(2,3)13(18)14(21)20-15-19-11(8-23-15)9-5-6-12(22-4)10(17)7-9;/h5-8,13H,18H2,1-4H3,(H,19,20,21);1H/t13-;/m1./s1. The lowest BCUT2D eigenvalue weighted by Crippen LogP contribution is -2.45. The van der Waals surface area contributed by atoms with Gasteiger partial charge in [-0.25, -0.2) is 4.98 Å². The van der Waals surface area contributed by atoms with Crippen LogP contribution in [0.4, 0.5) is 5.13 Å². The minimum absolute atomic E-state index is 0. The molecule has 0 saturated heterocycles. The SMILES string of the molecule is COc1ccc(-c2csc(NC(=O)[C@@H](N)C(C)(C)C)n2)cc1Cl.Cl. The summed E-state index contributed by atoms with van der Waals surface area (Å²) in [6.45, 7) is 5.76. The van der Waals surface area contributed by atoms with Gasteiger partial charge in [-0.1, -0.05) is 32.4 Å². The number of nitrogens with zero attached hydrogens (tertiary/aromatic N) is 1. The molecule has 1 amide bonds. The van der Waals surface area contributed by atoms with E-state index in [0.717, 1.165) is 11.3 Å². The van der Waals surface area contributed by atoms with Crippen molar-refractivity contribution in [3.8, 4) is 17.0 Å². The van der Waals surface area contributed by atoms with Crippen molar-refractivity contribution >= 4 is 46.4 Å². The quantitative estimate of drug-likeness (QED) is 0.820. The molecule has 0 fully saturated rings. The molecule has 0 aliphatic rings. The zero-order valence-corrected chi connectivity index (χ0v) is 16.3. The molecule has 8 heteroatoms. The molecule has 0 aliphatic carbocycles. The fraction of sp³-hybridized carbons (Fsp3) is 0.375. The van der Waals surface area contributed by atoms with Gasteiger partial charge >= 0.3 is 0 Å². The molecule has 1 atom stereocenters. The van der Waals surface area contributed by atoms with Crippen LogP contribution >= 0.6 is 35.3 Å². The van der Waals surface area contributed by atoms with E-state index in [2.05, 4.69) is 10.3 Å². The van der Waals surface area contributed by atoms with Gasteiger partial charge in [-0.05, 0) is 23.6 Å². The normalized spacial score (nSPS) is 12.2. The summed E-state index contributed by atoms with van der Waals surface area (Å²) in [5, 5.41) is 5.64. The second kappa shape index (κ2) is 8.16. The molecule has 24 heavy (non-hydrogen) atoms. The molecule has 2 aromatic rings. The Kier molecular flexibility index (Phi) is 7.04. The molecule has 0 bridgehead atoms. The molecular weight excluding hydrogens is 369 g/mol. The number of rotatable bonds is 4. The summed E-state index contributed by atoms with van der Waals surface area (Å²) in [4.78, 5) is 16.5. The Balaban J connectivity index is 0.00000288. The van der Waals surface area contributed by atoms with Crippen LogP contribution in [0, 0.1) is 5.41 Å². The first kappa shape index (κ1) is 20.7. The monoisotopic (exact) mass is 389 g/mol. The Labute approximate surface area is 157 Å². The maximum atomic E-state index is 12.1. The molecule has 0 spiro atoms. The molecule has 3 N–H and O–H groups in total. The van der Waals surface area contributed by atoms with Crippen molar-refractivity contribution in [2.24, 2.45) is 11.1 Å². The van der Waals surface area contributed by atoms with Crippen molar-refractivity contribution in [1.82, 2.24) is 4.98 Å². The first-order chi connectivity index (χ1) is 10.7. The first-order valence-electron chi connectivity index (χ1n) is 7.08. The number of thiazole rings is 1. The van der Waals surface area contributed by atoms with E-state index in [4.69, 9.17) is 22.1 Å². The summed E-state index contributed by atoms with van der Waals surface area (Å²) in [7, 11) is 1.57. The molecule has 1 heterocycles. The summed E-state index contributed by atoms with van der Waals surface area (Å²) in [6, 6.07) is 4.82. The number of halogens is 2. The third-order valence-electron chi connectivity index (χ3n) is 3.40. The summed E-state index contributed by atoms with van der Waals surface area (Å²) in [6.07, 6.45) is 0. The minimum atomic E-state index is -0.606. The van der Waals surface area contributed by atoms with Crippen molar-refractivity contribution in [2.75, 3.05) is 12.4 Å². The number of hydrogen-bond donors (Lipinski definition) is 2. The lowest BCUT2D eigenvalue weighted by atomic mass is 9.87. The second-order valence-corrected chi connectivity index (χ2v) is 7.49. The number of methoxy groups -OCH3 is 1. The number of carbonyl (C=O) groups is 1. The van der Waals surface area contributed by atoms with Crippen molar-refractivity contribution < 1.29 is 9.53 Å². The topological polar surface area (TPSA) is 77.2 Å². The van der Waals surface area contributed by atoms with E-state index in [1.807, 2.05) is 32.2 Å². The number of benzene rings is 1. The number of nitrogens with two attached hydrogens (primary N) is 1. The maximum Gasteiger partial charge on any atom is 0.243 e. The molecule has 0 saturated carbocycles. The third-order valence-corrected chi connectivity index (χ3v) is 4.45. The van der Waals surface area contributed by atoms with E-state index >= 15 is 0 Å². The van der Waals surface area contributed by atoms with Crippen LogP contribution in [0.5, 0.6) is 5.75 Å². The third kappa shape index (κ3) is 4.83. The van der Waals surface area contributed by atoms with Gasteiger partial charge in [-0.3, -0.25) is 4.79 Å². The van der Waals surface area contributed by atoms with Gasteiger partial charge in [0, 0.05) is 10.9 Å². The fourth-order valence-corrected chi connectivity index (χ4v) is 2.85. The summed E-state index contributed by atoms with van der Waals surface area (Å²) in [5.41, 5.74) is 7.22. The number of hydrogen-bond acceptors (Lipinski definition) is 5. The Morgan fingerprint density at radius 1 is 1.42 bits per heavy atom. The van der Waals surface area contributed by atoms with Crippen molar-refractivity contribution in [3.05, 3.63) is 28.6 Å². The Morgan fingerprint density at radius 3 is 2.62 bits per heavy atom. The van der Waals surface area contributed by atoms with Crippen LogP contribution in [-0.2, 0) is 4.79 Å². The predicted molar refractivity (Wildman–Crippen MR) is 102 cm³/mol. The molecule has 0 unspecified atom stereocenters. The number of amides is 1. The lowest BCUT2D eigenvalue weighted by molar-refractivity contribution is -0.119. The van der Waals surface area contributed by atoms with Gasteiger partial charge in [0.15, 0.2) is 5.13 Å². The zero-order valence-electron chi connectivity index (χ0n) is 13.9. The van der Waals surface area contributed by atoms with Gasteiger partial charge in [-0.2, -0.15) is 0 Å². The van der Waals surface area contributed by atoms with Crippen LogP contribution in [0.15, 0.2) is 23.6 Å². The number of anilines is 1. The average molecular weight is 390 g/mol. The molecule has 1 aromatic heterocycles. The molecule has 2 rings (SSSR count). The highest BCUT2D eigenvalue weighted by Gasteiger charge is 2.28. The van der Waals surface area contributed by atoms with Crippen molar-refractivity contribution in [1.29, 1.82) is 0 Å². The van der Waals surface area contributed by atoms with E-state index in [1.165, 1.54) is 11.3 Å². The first-order valence-corrected chi connectivity index (χ1v) is 8.34. The van der Waals surface area contributed by atoms with Gasteiger partial charge in [0.1, 0.15) is 5.75 Å². The minimum Gasteiger partial charge on any atom is -0.495 e. The molecular formula is C16H21Cl2N3O2S. The summed E-state index contributed by atoms with van der Waals surface area (Å²) >= 11 is 7.47. The molecule has 5 nitrogen and oxygen atoms in total. The maximum absolute atomic E-state index is 12.1. The van der Waals surface area contributed by atoms with Gasteiger partial charge in [-0.15, -0.1) is 23.7 Å². The van der Waals surface area contributed by atoms with E-state index in [1.54, 1.807) is 19.2 Å². The lowest BCUT2D eigenvalue weighted by Gasteiger charge is -2.25. The van der Waals surface area contributed by atoms with E-state index in [9.17, 15) is 4.79 Å². The zero-order chi connectivity index (χ0) is 17.2. The van der Waals surface area contributed by atoms with Crippen LogP contribution in [0.1, 0.15) is 20.8 Å². The van der Waals surface area contributed by atoms with Gasteiger partial charge in [0.2, 0.25) is 5.91 Å². The van der Waals surface area contributed by atoms with Crippen LogP contribution in [0.3, 0.4) is 0 Å². The number of ether oxygens (including phenoxy) is 1. The number of aromatic nitrogens is 1. The van der Waals surface area contributed by atoms with E-state index in [-0.39, 0.29) is 23.7 Å². The van der Waals surface area contributed by atoms with Crippen molar-refractivity contribution in [2.45, 2.75) is 26.8 Å². The number of carbonyl (C=O) groups excluding carboxylic acids is 1.